The first-order valence-electron chi connectivity index (χ1n) is 5.09. The molecule has 0 bridgehead atoms. The maximum atomic E-state index is 8.68. The van der Waals surface area contributed by atoms with Gasteiger partial charge in [0.05, 0.1) is 5.56 Å². The maximum absolute atomic E-state index is 8.68. The van der Waals surface area contributed by atoms with Crippen LogP contribution in [0.25, 0.3) is 0 Å². The molecule has 0 aliphatic carbocycles. The zero-order chi connectivity index (χ0) is 12.8. The lowest BCUT2D eigenvalue weighted by atomic mass is 10.2. The third-order valence-corrected chi connectivity index (χ3v) is 2.62. The van der Waals surface area contributed by atoms with Crippen molar-refractivity contribution in [2.45, 2.75) is 0 Å². The summed E-state index contributed by atoms with van der Waals surface area (Å²) < 4.78 is 6.49. The molecule has 0 heterocycles. The van der Waals surface area contributed by atoms with Gasteiger partial charge in [0.15, 0.2) is 5.84 Å². The number of amidine groups is 1. The molecule has 0 saturated heterocycles. The number of nitrogens with zero attached hydrogens (tertiary/aromatic N) is 2. The van der Waals surface area contributed by atoms with Gasteiger partial charge in [-0.2, -0.15) is 0 Å². The molecule has 0 unspecified atom stereocenters. The molecule has 17 heavy (non-hydrogen) atoms. The zero-order valence-electron chi connectivity index (χ0n) is 9.85. The number of ether oxygens (including phenoxy) is 1. The summed E-state index contributed by atoms with van der Waals surface area (Å²) in [6.07, 6.45) is 0. The van der Waals surface area contributed by atoms with E-state index >= 15 is 0 Å². The van der Waals surface area contributed by atoms with Crippen LogP contribution in [-0.4, -0.2) is 43.2 Å². The van der Waals surface area contributed by atoms with Crippen LogP contribution in [0.4, 0.5) is 0 Å². The van der Waals surface area contributed by atoms with E-state index in [4.69, 9.17) is 15.7 Å². The first-order chi connectivity index (χ1) is 8.04. The van der Waals surface area contributed by atoms with Crippen LogP contribution in [0.15, 0.2) is 27.8 Å². The fourth-order valence-corrected chi connectivity index (χ4v) is 1.56. The van der Waals surface area contributed by atoms with Gasteiger partial charge in [-0.3, -0.25) is 0 Å². The fourth-order valence-electron chi connectivity index (χ4n) is 1.22. The van der Waals surface area contributed by atoms with Gasteiger partial charge in [0.1, 0.15) is 12.4 Å². The topological polar surface area (TPSA) is 71.1 Å². The Hall–Kier alpha value is -1.27. The summed E-state index contributed by atoms with van der Waals surface area (Å²) in [6, 6.07) is 5.35. The number of benzene rings is 1. The lowest BCUT2D eigenvalue weighted by Crippen LogP contribution is -2.21. The average Bonchev–Trinajstić information content (AvgIpc) is 2.28. The number of halogens is 1. The quantitative estimate of drug-likeness (QED) is 0.374. The highest BCUT2D eigenvalue weighted by Gasteiger charge is 2.09. The molecule has 1 aromatic carbocycles. The van der Waals surface area contributed by atoms with Crippen LogP contribution in [0.2, 0.25) is 0 Å². The normalized spacial score (nSPS) is 11.9. The molecule has 0 saturated carbocycles. The molecule has 3 N–H and O–H groups in total. The molecule has 0 aliphatic heterocycles. The van der Waals surface area contributed by atoms with Crippen molar-refractivity contribution in [1.29, 1.82) is 0 Å². The average molecular weight is 302 g/mol. The van der Waals surface area contributed by atoms with Crippen molar-refractivity contribution in [2.75, 3.05) is 27.2 Å². The highest BCUT2D eigenvalue weighted by molar-refractivity contribution is 9.10. The molecule has 94 valence electrons. The number of rotatable bonds is 5. The smallest absolute Gasteiger partial charge is 0.173 e. The summed E-state index contributed by atoms with van der Waals surface area (Å²) in [6.45, 7) is 1.33. The molecule has 5 nitrogen and oxygen atoms in total. The molecular formula is C11H16BrN3O2. The molecule has 0 spiro atoms. The molecule has 0 atom stereocenters. The summed E-state index contributed by atoms with van der Waals surface area (Å²) >= 11 is 3.35. The van der Waals surface area contributed by atoms with Crippen molar-refractivity contribution in [3.8, 4) is 5.75 Å². The number of oxime groups is 1. The molecule has 1 aromatic rings. The van der Waals surface area contributed by atoms with Gasteiger partial charge in [0, 0.05) is 11.0 Å². The molecule has 6 heteroatoms. The summed E-state index contributed by atoms with van der Waals surface area (Å²) in [5.41, 5.74) is 6.15. The predicted octanol–water partition coefficient (Wildman–Crippen LogP) is 1.48. The molecular weight excluding hydrogens is 286 g/mol. The number of hydrogen-bond acceptors (Lipinski definition) is 4. The second kappa shape index (κ2) is 6.46. The van der Waals surface area contributed by atoms with Crippen LogP contribution in [0, 0.1) is 0 Å². The van der Waals surface area contributed by atoms with Gasteiger partial charge in [0.2, 0.25) is 0 Å². The Morgan fingerprint density at radius 2 is 2.24 bits per heavy atom. The lowest BCUT2D eigenvalue weighted by molar-refractivity contribution is 0.260. The summed E-state index contributed by atoms with van der Waals surface area (Å²) in [5, 5.41) is 11.7. The van der Waals surface area contributed by atoms with Gasteiger partial charge in [-0.15, -0.1) is 0 Å². The molecule has 0 amide bonds. The summed E-state index contributed by atoms with van der Waals surface area (Å²) in [7, 11) is 3.93. The lowest BCUT2D eigenvalue weighted by Gasteiger charge is -2.13. The van der Waals surface area contributed by atoms with Crippen molar-refractivity contribution in [2.24, 2.45) is 10.9 Å². The third kappa shape index (κ3) is 4.24. The van der Waals surface area contributed by atoms with Gasteiger partial charge in [0.25, 0.3) is 0 Å². The molecule has 0 aliphatic rings. The summed E-state index contributed by atoms with van der Waals surface area (Å²) in [5.74, 6) is 0.633. The Bertz CT molecular complexity index is 408. The molecule has 1 rings (SSSR count). The van der Waals surface area contributed by atoms with E-state index in [2.05, 4.69) is 21.1 Å². The first kappa shape index (κ1) is 13.8. The highest BCUT2D eigenvalue weighted by Crippen LogP contribution is 2.23. The van der Waals surface area contributed by atoms with Crippen molar-refractivity contribution < 1.29 is 9.94 Å². The van der Waals surface area contributed by atoms with Gasteiger partial charge < -0.3 is 20.6 Å². The Balaban J connectivity index is 2.84. The van der Waals surface area contributed by atoms with Gasteiger partial charge in [-0.05, 0) is 32.3 Å². The SMILES string of the molecule is CN(C)CCOc1cc(Br)ccc1/C(N)=N/O. The number of hydrogen-bond donors (Lipinski definition) is 2. The van der Waals surface area contributed by atoms with Crippen molar-refractivity contribution >= 4 is 21.8 Å². The van der Waals surface area contributed by atoms with Gasteiger partial charge >= 0.3 is 0 Å². The minimum absolute atomic E-state index is 0.0392. The third-order valence-electron chi connectivity index (χ3n) is 2.12. The van der Waals surface area contributed by atoms with Crippen molar-refractivity contribution in [1.82, 2.24) is 4.90 Å². The van der Waals surface area contributed by atoms with E-state index in [1.807, 2.05) is 25.1 Å². The largest absolute Gasteiger partial charge is 0.491 e. The minimum Gasteiger partial charge on any atom is -0.491 e. The maximum Gasteiger partial charge on any atom is 0.173 e. The fraction of sp³-hybridized carbons (Fsp3) is 0.364. The predicted molar refractivity (Wildman–Crippen MR) is 70.7 cm³/mol. The van der Waals surface area contributed by atoms with E-state index in [0.29, 0.717) is 17.9 Å². The molecule has 0 fully saturated rings. The second-order valence-corrected chi connectivity index (χ2v) is 4.69. The van der Waals surface area contributed by atoms with Crippen molar-refractivity contribution in [3.63, 3.8) is 0 Å². The monoisotopic (exact) mass is 301 g/mol. The van der Waals surface area contributed by atoms with E-state index in [0.717, 1.165) is 11.0 Å². The molecule has 0 aromatic heterocycles. The summed E-state index contributed by atoms with van der Waals surface area (Å²) in [4.78, 5) is 2.02. The van der Waals surface area contributed by atoms with E-state index in [1.54, 1.807) is 12.1 Å². The standard InChI is InChI=1S/C11H16BrN3O2/c1-15(2)5-6-17-10-7-8(12)3-4-9(10)11(13)14-16/h3-4,7,16H,5-6H2,1-2H3,(H2,13,14). The zero-order valence-corrected chi connectivity index (χ0v) is 11.4. The van der Waals surface area contributed by atoms with Crippen LogP contribution < -0.4 is 10.5 Å². The van der Waals surface area contributed by atoms with Crippen LogP contribution in [0.5, 0.6) is 5.75 Å². The van der Waals surface area contributed by atoms with Crippen LogP contribution >= 0.6 is 15.9 Å². The second-order valence-electron chi connectivity index (χ2n) is 3.78. The van der Waals surface area contributed by atoms with Crippen molar-refractivity contribution in [3.05, 3.63) is 28.2 Å². The van der Waals surface area contributed by atoms with E-state index in [9.17, 15) is 0 Å². The number of nitrogens with two attached hydrogens (primary N) is 1. The van der Waals surface area contributed by atoms with E-state index < -0.39 is 0 Å². The van der Waals surface area contributed by atoms with Crippen LogP contribution in [0.3, 0.4) is 0 Å². The van der Waals surface area contributed by atoms with Crippen LogP contribution in [0.1, 0.15) is 5.56 Å². The molecule has 0 radical (unpaired) electrons. The Kier molecular flexibility index (Phi) is 5.24. The van der Waals surface area contributed by atoms with Gasteiger partial charge in [-0.25, -0.2) is 0 Å². The Labute approximate surface area is 109 Å². The Morgan fingerprint density at radius 3 is 2.82 bits per heavy atom. The van der Waals surface area contributed by atoms with E-state index in [-0.39, 0.29) is 5.84 Å². The number of likely N-dealkylation sites (N-methyl/N-ethyl adjacent to an activating group) is 1. The highest BCUT2D eigenvalue weighted by atomic mass is 79.9. The minimum atomic E-state index is 0.0392. The first-order valence-corrected chi connectivity index (χ1v) is 5.89. The van der Waals surface area contributed by atoms with Gasteiger partial charge in [-0.1, -0.05) is 21.1 Å². The Morgan fingerprint density at radius 1 is 1.53 bits per heavy atom. The van der Waals surface area contributed by atoms with Crippen LogP contribution in [-0.2, 0) is 0 Å². The van der Waals surface area contributed by atoms with E-state index in [1.165, 1.54) is 0 Å².